The van der Waals surface area contributed by atoms with Crippen LogP contribution in [0.2, 0.25) is 4.34 Å². The van der Waals surface area contributed by atoms with E-state index in [-0.39, 0.29) is 12.5 Å². The Morgan fingerprint density at radius 2 is 1.92 bits per heavy atom. The van der Waals surface area contributed by atoms with E-state index < -0.39 is 6.03 Å². The summed E-state index contributed by atoms with van der Waals surface area (Å²) in [6, 6.07) is 12.8. The van der Waals surface area contributed by atoms with Crippen LogP contribution in [0.25, 0.3) is 0 Å². The molecule has 0 fully saturated rings. The Kier molecular flexibility index (Phi) is 7.24. The zero-order chi connectivity index (χ0) is 17.4. The number of rotatable bonds is 7. The number of thiophene rings is 1. The van der Waals surface area contributed by atoms with Crippen molar-refractivity contribution in [3.8, 4) is 0 Å². The second kappa shape index (κ2) is 9.42. The zero-order valence-electron chi connectivity index (χ0n) is 13.4. The highest BCUT2D eigenvalue weighted by Gasteiger charge is 2.13. The first kappa shape index (κ1) is 18.4. The summed E-state index contributed by atoms with van der Waals surface area (Å²) < 4.78 is 0.728. The van der Waals surface area contributed by atoms with Gasteiger partial charge in [0.15, 0.2) is 0 Å². The number of urea groups is 1. The van der Waals surface area contributed by atoms with Gasteiger partial charge in [0.2, 0.25) is 5.91 Å². The topological polar surface area (TPSA) is 61.4 Å². The summed E-state index contributed by atoms with van der Waals surface area (Å²) in [7, 11) is 0. The largest absolute Gasteiger partial charge is 0.334 e. The molecular formula is C17H20ClN3O2S. The SMILES string of the molecule is CCN(CC(=O)NC(=O)NCc1ccccc1)Cc1ccc(Cl)s1. The molecule has 1 aromatic carbocycles. The van der Waals surface area contributed by atoms with Gasteiger partial charge < -0.3 is 5.32 Å². The predicted octanol–water partition coefficient (Wildman–Crippen LogP) is 3.25. The van der Waals surface area contributed by atoms with Crippen LogP contribution in [0.15, 0.2) is 42.5 Å². The first-order chi connectivity index (χ1) is 11.6. The Morgan fingerprint density at radius 3 is 2.54 bits per heavy atom. The minimum absolute atomic E-state index is 0.158. The Hall–Kier alpha value is -1.89. The minimum Gasteiger partial charge on any atom is -0.334 e. The van der Waals surface area contributed by atoms with Crippen LogP contribution in [0.1, 0.15) is 17.4 Å². The molecule has 2 aromatic rings. The number of hydrogen-bond acceptors (Lipinski definition) is 4. The molecule has 24 heavy (non-hydrogen) atoms. The van der Waals surface area contributed by atoms with Crippen LogP contribution in [0.5, 0.6) is 0 Å². The van der Waals surface area contributed by atoms with Crippen molar-refractivity contribution in [2.45, 2.75) is 20.0 Å². The first-order valence-corrected chi connectivity index (χ1v) is 8.84. The number of carbonyl (C=O) groups is 2. The van der Waals surface area contributed by atoms with Crippen molar-refractivity contribution in [3.05, 3.63) is 57.2 Å². The molecule has 2 N–H and O–H groups in total. The number of benzene rings is 1. The summed E-state index contributed by atoms with van der Waals surface area (Å²) in [5.74, 6) is -0.329. The van der Waals surface area contributed by atoms with Crippen LogP contribution in [-0.2, 0) is 17.9 Å². The number of imide groups is 1. The van der Waals surface area contributed by atoms with Gasteiger partial charge in [-0.3, -0.25) is 15.0 Å². The second-order valence-electron chi connectivity index (χ2n) is 5.23. The van der Waals surface area contributed by atoms with Gasteiger partial charge in [-0.05, 0) is 24.2 Å². The average molecular weight is 366 g/mol. The normalized spacial score (nSPS) is 10.6. The molecule has 0 unspecified atom stereocenters. The lowest BCUT2D eigenvalue weighted by atomic mass is 10.2. The maximum atomic E-state index is 12.0. The molecule has 128 valence electrons. The van der Waals surface area contributed by atoms with Gasteiger partial charge in [0.25, 0.3) is 0 Å². The summed E-state index contributed by atoms with van der Waals surface area (Å²) in [5.41, 5.74) is 0.977. The van der Waals surface area contributed by atoms with Crippen LogP contribution in [0.4, 0.5) is 4.79 Å². The number of carbonyl (C=O) groups excluding carboxylic acids is 2. The smallest absolute Gasteiger partial charge is 0.321 e. The fourth-order valence-corrected chi connectivity index (χ4v) is 3.26. The van der Waals surface area contributed by atoms with Crippen molar-refractivity contribution in [1.82, 2.24) is 15.5 Å². The lowest BCUT2D eigenvalue weighted by molar-refractivity contribution is -0.121. The third-order valence-electron chi connectivity index (χ3n) is 3.37. The van der Waals surface area contributed by atoms with Gasteiger partial charge in [0.05, 0.1) is 10.9 Å². The summed E-state index contributed by atoms with van der Waals surface area (Å²) in [6.45, 7) is 3.84. The van der Waals surface area contributed by atoms with Gasteiger partial charge in [0.1, 0.15) is 0 Å². The lowest BCUT2D eigenvalue weighted by Gasteiger charge is -2.18. The number of likely N-dealkylation sites (N-methyl/N-ethyl adjacent to an activating group) is 1. The van der Waals surface area contributed by atoms with Gasteiger partial charge >= 0.3 is 6.03 Å². The Balaban J connectivity index is 1.75. The summed E-state index contributed by atoms with van der Waals surface area (Å²) in [4.78, 5) is 26.8. The maximum absolute atomic E-state index is 12.0. The van der Waals surface area contributed by atoms with E-state index in [4.69, 9.17) is 11.6 Å². The lowest BCUT2D eigenvalue weighted by Crippen LogP contribution is -2.44. The van der Waals surface area contributed by atoms with Gasteiger partial charge in [-0.2, -0.15) is 0 Å². The quantitative estimate of drug-likeness (QED) is 0.791. The second-order valence-corrected chi connectivity index (χ2v) is 7.03. The van der Waals surface area contributed by atoms with E-state index in [9.17, 15) is 9.59 Å². The van der Waals surface area contributed by atoms with E-state index in [1.165, 1.54) is 11.3 Å². The van der Waals surface area contributed by atoms with Crippen LogP contribution in [0.3, 0.4) is 0 Å². The third-order valence-corrected chi connectivity index (χ3v) is 4.59. The fourth-order valence-electron chi connectivity index (χ4n) is 2.13. The van der Waals surface area contributed by atoms with Crippen LogP contribution < -0.4 is 10.6 Å². The van der Waals surface area contributed by atoms with Crippen molar-refractivity contribution >= 4 is 34.9 Å². The number of hydrogen-bond donors (Lipinski definition) is 2. The highest BCUT2D eigenvalue weighted by atomic mass is 35.5. The van der Waals surface area contributed by atoms with Crippen LogP contribution in [0, 0.1) is 0 Å². The van der Waals surface area contributed by atoms with Gasteiger partial charge in [0, 0.05) is 18.0 Å². The van der Waals surface area contributed by atoms with E-state index in [1.807, 2.05) is 54.3 Å². The molecule has 0 saturated carbocycles. The standard InChI is InChI=1S/C17H20ClN3O2S/c1-2-21(11-14-8-9-15(18)24-14)12-16(22)20-17(23)19-10-13-6-4-3-5-7-13/h3-9H,2,10-12H2,1H3,(H2,19,20,22,23). The molecule has 1 aromatic heterocycles. The fraction of sp³-hybridized carbons (Fsp3) is 0.294. The molecule has 0 saturated heterocycles. The van der Waals surface area contributed by atoms with Gasteiger partial charge in [-0.15, -0.1) is 11.3 Å². The minimum atomic E-state index is -0.487. The van der Waals surface area contributed by atoms with Crippen molar-refractivity contribution < 1.29 is 9.59 Å². The molecule has 0 aliphatic carbocycles. The predicted molar refractivity (Wildman–Crippen MR) is 97.1 cm³/mol. The third kappa shape index (κ3) is 6.31. The van der Waals surface area contributed by atoms with E-state index in [0.29, 0.717) is 19.6 Å². The van der Waals surface area contributed by atoms with Crippen molar-refractivity contribution in [3.63, 3.8) is 0 Å². The van der Waals surface area contributed by atoms with E-state index >= 15 is 0 Å². The Labute approximate surface area is 150 Å². The molecule has 1 heterocycles. The summed E-state index contributed by atoms with van der Waals surface area (Å²) in [5, 5.41) is 5.02. The van der Waals surface area contributed by atoms with Crippen LogP contribution >= 0.6 is 22.9 Å². The number of nitrogens with one attached hydrogen (secondary N) is 2. The molecule has 0 aliphatic heterocycles. The molecule has 3 amide bonds. The number of halogens is 1. The molecule has 5 nitrogen and oxygen atoms in total. The Bertz CT molecular complexity index is 675. The molecule has 0 radical (unpaired) electrons. The molecule has 0 atom stereocenters. The highest BCUT2D eigenvalue weighted by Crippen LogP contribution is 2.22. The zero-order valence-corrected chi connectivity index (χ0v) is 15.0. The van der Waals surface area contributed by atoms with Gasteiger partial charge in [-0.25, -0.2) is 4.79 Å². The molecule has 2 rings (SSSR count). The van der Waals surface area contributed by atoms with Crippen LogP contribution in [-0.4, -0.2) is 29.9 Å². The molecular weight excluding hydrogens is 346 g/mol. The van der Waals surface area contributed by atoms with E-state index in [2.05, 4.69) is 10.6 Å². The van der Waals surface area contributed by atoms with E-state index in [1.54, 1.807) is 0 Å². The number of amides is 3. The molecule has 7 heteroatoms. The first-order valence-electron chi connectivity index (χ1n) is 7.65. The molecule has 0 spiro atoms. The monoisotopic (exact) mass is 365 g/mol. The van der Waals surface area contributed by atoms with Crippen molar-refractivity contribution in [1.29, 1.82) is 0 Å². The van der Waals surface area contributed by atoms with Gasteiger partial charge in [-0.1, -0.05) is 48.9 Å². The molecule has 0 bridgehead atoms. The number of nitrogens with zero attached hydrogens (tertiary/aromatic N) is 1. The average Bonchev–Trinajstić information content (AvgIpc) is 2.98. The van der Waals surface area contributed by atoms with E-state index in [0.717, 1.165) is 14.8 Å². The van der Waals surface area contributed by atoms with Crippen molar-refractivity contribution in [2.24, 2.45) is 0 Å². The highest BCUT2D eigenvalue weighted by molar-refractivity contribution is 7.16. The molecule has 0 aliphatic rings. The summed E-state index contributed by atoms with van der Waals surface area (Å²) >= 11 is 7.41. The summed E-state index contributed by atoms with van der Waals surface area (Å²) in [6.07, 6.45) is 0. The van der Waals surface area contributed by atoms with Crippen molar-refractivity contribution in [2.75, 3.05) is 13.1 Å². The Morgan fingerprint density at radius 1 is 1.17 bits per heavy atom. The maximum Gasteiger partial charge on any atom is 0.321 e.